The van der Waals surface area contributed by atoms with E-state index in [1.165, 1.54) is 6.42 Å². The fraction of sp³-hybridized carbons (Fsp3) is 0.917. The van der Waals surface area contributed by atoms with Gasteiger partial charge in [-0.2, -0.15) is 0 Å². The molecule has 1 amide bonds. The van der Waals surface area contributed by atoms with Gasteiger partial charge in [-0.05, 0) is 33.6 Å². The maximum Gasteiger partial charge on any atom is 0.246 e. The molecule has 94 valence electrons. The summed E-state index contributed by atoms with van der Waals surface area (Å²) in [6.07, 6.45) is 4.29. The predicted octanol–water partition coefficient (Wildman–Crippen LogP) is 2.47. The minimum absolute atomic E-state index is 0.0625. The van der Waals surface area contributed by atoms with E-state index in [9.17, 15) is 4.79 Å². The van der Waals surface area contributed by atoms with Gasteiger partial charge in [-0.25, -0.2) is 0 Å². The van der Waals surface area contributed by atoms with Crippen LogP contribution in [0.15, 0.2) is 0 Å². The van der Waals surface area contributed by atoms with Crippen molar-refractivity contribution in [1.82, 2.24) is 5.32 Å². The minimum Gasteiger partial charge on any atom is -0.366 e. The summed E-state index contributed by atoms with van der Waals surface area (Å²) in [6, 6.07) is 0.117. The smallest absolute Gasteiger partial charge is 0.246 e. The first-order valence-corrected chi connectivity index (χ1v) is 6.39. The van der Waals surface area contributed by atoms with Crippen molar-refractivity contribution in [3.63, 3.8) is 0 Å². The first kappa shape index (κ1) is 13.8. The molecule has 16 heavy (non-hydrogen) atoms. The molecule has 1 rings (SSSR count). The van der Waals surface area contributed by atoms with Crippen LogP contribution in [0.25, 0.3) is 0 Å². The second-order valence-corrected chi connectivity index (χ2v) is 5.94. The SMILES string of the molecule is CC(C)(C)OCC(=O)NC1CCCCC1Cl. The molecule has 1 N–H and O–H groups in total. The lowest BCUT2D eigenvalue weighted by atomic mass is 9.95. The molecular formula is C12H22ClNO2. The summed E-state index contributed by atoms with van der Waals surface area (Å²) >= 11 is 6.16. The third kappa shape index (κ3) is 5.17. The third-order valence-corrected chi connectivity index (χ3v) is 3.19. The number of amides is 1. The summed E-state index contributed by atoms with van der Waals surface area (Å²) in [7, 11) is 0. The normalized spacial score (nSPS) is 26.5. The monoisotopic (exact) mass is 247 g/mol. The molecule has 2 unspecified atom stereocenters. The van der Waals surface area contributed by atoms with Gasteiger partial charge in [0, 0.05) is 6.04 Å². The third-order valence-electron chi connectivity index (χ3n) is 2.66. The van der Waals surface area contributed by atoms with Gasteiger partial charge in [-0.3, -0.25) is 4.79 Å². The molecule has 4 heteroatoms. The van der Waals surface area contributed by atoms with Crippen LogP contribution in [0.3, 0.4) is 0 Å². The van der Waals surface area contributed by atoms with Crippen LogP contribution in [0.1, 0.15) is 46.5 Å². The summed E-state index contributed by atoms with van der Waals surface area (Å²) in [4.78, 5) is 11.6. The Hall–Kier alpha value is -0.280. The van der Waals surface area contributed by atoms with Crippen molar-refractivity contribution >= 4 is 17.5 Å². The van der Waals surface area contributed by atoms with Crippen LogP contribution in [-0.4, -0.2) is 29.5 Å². The number of nitrogens with one attached hydrogen (secondary N) is 1. The molecule has 0 saturated heterocycles. The van der Waals surface area contributed by atoms with Crippen molar-refractivity contribution in [3.05, 3.63) is 0 Å². The van der Waals surface area contributed by atoms with E-state index in [-0.39, 0.29) is 29.5 Å². The van der Waals surface area contributed by atoms with Crippen LogP contribution in [0, 0.1) is 0 Å². The van der Waals surface area contributed by atoms with Gasteiger partial charge in [-0.15, -0.1) is 11.6 Å². The van der Waals surface area contributed by atoms with Gasteiger partial charge in [0.2, 0.25) is 5.91 Å². The van der Waals surface area contributed by atoms with Crippen LogP contribution in [0.5, 0.6) is 0 Å². The minimum atomic E-state index is -0.274. The van der Waals surface area contributed by atoms with Gasteiger partial charge in [-0.1, -0.05) is 12.8 Å². The quantitative estimate of drug-likeness (QED) is 0.778. The highest BCUT2D eigenvalue weighted by Crippen LogP contribution is 2.22. The van der Waals surface area contributed by atoms with E-state index in [4.69, 9.17) is 16.3 Å². The van der Waals surface area contributed by atoms with Gasteiger partial charge in [0.15, 0.2) is 0 Å². The molecule has 0 aromatic rings. The standard InChI is InChI=1S/C12H22ClNO2/c1-12(2,3)16-8-11(15)14-10-7-5-4-6-9(10)13/h9-10H,4-8H2,1-3H3,(H,14,15). The van der Waals surface area contributed by atoms with E-state index in [0.717, 1.165) is 19.3 Å². The molecule has 0 aromatic carbocycles. The molecule has 1 aliphatic rings. The van der Waals surface area contributed by atoms with Crippen molar-refractivity contribution in [2.75, 3.05) is 6.61 Å². The Morgan fingerprint density at radius 1 is 1.38 bits per heavy atom. The second kappa shape index (κ2) is 5.87. The van der Waals surface area contributed by atoms with Gasteiger partial charge in [0.25, 0.3) is 0 Å². The van der Waals surface area contributed by atoms with E-state index in [0.29, 0.717) is 0 Å². The molecular weight excluding hydrogens is 226 g/mol. The lowest BCUT2D eigenvalue weighted by Gasteiger charge is -2.28. The number of alkyl halides is 1. The average molecular weight is 248 g/mol. The number of halogens is 1. The van der Waals surface area contributed by atoms with E-state index in [1.807, 2.05) is 20.8 Å². The van der Waals surface area contributed by atoms with Crippen LogP contribution >= 0.6 is 11.6 Å². The number of carbonyl (C=O) groups excluding carboxylic acids is 1. The lowest BCUT2D eigenvalue weighted by molar-refractivity contribution is -0.131. The van der Waals surface area contributed by atoms with Gasteiger partial charge >= 0.3 is 0 Å². The highest BCUT2D eigenvalue weighted by molar-refractivity contribution is 6.21. The lowest BCUT2D eigenvalue weighted by Crippen LogP contribution is -2.45. The van der Waals surface area contributed by atoms with E-state index < -0.39 is 0 Å². The Balaban J connectivity index is 2.28. The first-order valence-electron chi connectivity index (χ1n) is 5.96. The van der Waals surface area contributed by atoms with Crippen molar-refractivity contribution in [1.29, 1.82) is 0 Å². The average Bonchev–Trinajstić information content (AvgIpc) is 2.18. The number of rotatable bonds is 3. The van der Waals surface area contributed by atoms with E-state index in [1.54, 1.807) is 0 Å². The molecule has 0 spiro atoms. The number of hydrogen-bond donors (Lipinski definition) is 1. The molecule has 1 aliphatic carbocycles. The Bertz CT molecular complexity index is 238. The summed E-state index contributed by atoms with van der Waals surface area (Å²) in [5.74, 6) is -0.0625. The van der Waals surface area contributed by atoms with Crippen molar-refractivity contribution < 1.29 is 9.53 Å². The number of ether oxygens (including phenoxy) is 1. The van der Waals surface area contributed by atoms with Crippen molar-refractivity contribution in [3.8, 4) is 0 Å². The Morgan fingerprint density at radius 2 is 2.00 bits per heavy atom. The predicted molar refractivity (Wildman–Crippen MR) is 65.7 cm³/mol. The number of carbonyl (C=O) groups is 1. The van der Waals surface area contributed by atoms with Crippen LogP contribution in [0.2, 0.25) is 0 Å². The zero-order chi connectivity index (χ0) is 12.2. The van der Waals surface area contributed by atoms with E-state index in [2.05, 4.69) is 5.32 Å². The molecule has 0 radical (unpaired) electrons. The molecule has 0 aromatic heterocycles. The van der Waals surface area contributed by atoms with Gasteiger partial charge in [0.05, 0.1) is 11.0 Å². The topological polar surface area (TPSA) is 38.3 Å². The largest absolute Gasteiger partial charge is 0.366 e. The summed E-state index contributed by atoms with van der Waals surface area (Å²) in [5.41, 5.74) is -0.274. The van der Waals surface area contributed by atoms with Crippen LogP contribution in [0.4, 0.5) is 0 Å². The Morgan fingerprint density at radius 3 is 2.56 bits per heavy atom. The summed E-state index contributed by atoms with van der Waals surface area (Å²) < 4.78 is 5.41. The fourth-order valence-corrected chi connectivity index (χ4v) is 2.12. The molecule has 2 atom stereocenters. The maximum absolute atomic E-state index is 11.6. The first-order chi connectivity index (χ1) is 7.38. The maximum atomic E-state index is 11.6. The fourth-order valence-electron chi connectivity index (χ4n) is 1.78. The second-order valence-electron chi connectivity index (χ2n) is 5.38. The van der Waals surface area contributed by atoms with Crippen LogP contribution < -0.4 is 5.32 Å². The number of hydrogen-bond acceptors (Lipinski definition) is 2. The molecule has 1 saturated carbocycles. The Kier molecular flexibility index (Phi) is 5.06. The van der Waals surface area contributed by atoms with Crippen molar-refractivity contribution in [2.45, 2.75) is 63.5 Å². The molecule has 0 aliphatic heterocycles. The highest BCUT2D eigenvalue weighted by Gasteiger charge is 2.24. The summed E-state index contributed by atoms with van der Waals surface area (Å²) in [6.45, 7) is 5.92. The van der Waals surface area contributed by atoms with Crippen molar-refractivity contribution in [2.24, 2.45) is 0 Å². The summed E-state index contributed by atoms with van der Waals surface area (Å²) in [5, 5.41) is 3.02. The molecule has 3 nitrogen and oxygen atoms in total. The molecule has 1 fully saturated rings. The highest BCUT2D eigenvalue weighted by atomic mass is 35.5. The zero-order valence-electron chi connectivity index (χ0n) is 10.4. The molecule has 0 heterocycles. The van der Waals surface area contributed by atoms with Gasteiger partial charge in [0.1, 0.15) is 6.61 Å². The van der Waals surface area contributed by atoms with Crippen LogP contribution in [-0.2, 0) is 9.53 Å². The zero-order valence-corrected chi connectivity index (χ0v) is 11.1. The van der Waals surface area contributed by atoms with Gasteiger partial charge < -0.3 is 10.1 Å². The molecule has 0 bridgehead atoms. The van der Waals surface area contributed by atoms with E-state index >= 15 is 0 Å². The Labute approximate surface area is 103 Å².